The van der Waals surface area contributed by atoms with Gasteiger partial charge >= 0.3 is 0 Å². The minimum atomic E-state index is -0.187. The normalized spacial score (nSPS) is 10.9. The molecule has 0 spiro atoms. The van der Waals surface area contributed by atoms with Gasteiger partial charge in [-0.05, 0) is 32.4 Å². The fourth-order valence-electron chi connectivity index (χ4n) is 2.19. The SMILES string of the molecule is Cc1ccc(NC(=O)c2c(C)nc3scnn23)c(C)c1. The first-order valence-electron chi connectivity index (χ1n) is 6.23. The van der Waals surface area contributed by atoms with Crippen LogP contribution in [0.15, 0.2) is 23.7 Å². The van der Waals surface area contributed by atoms with E-state index in [0.29, 0.717) is 11.4 Å². The van der Waals surface area contributed by atoms with Gasteiger partial charge in [0.05, 0.1) is 5.69 Å². The zero-order chi connectivity index (χ0) is 14.3. The van der Waals surface area contributed by atoms with Gasteiger partial charge in [0, 0.05) is 5.69 Å². The Morgan fingerprint density at radius 2 is 2.10 bits per heavy atom. The highest BCUT2D eigenvalue weighted by Gasteiger charge is 2.18. The summed E-state index contributed by atoms with van der Waals surface area (Å²) < 4.78 is 1.58. The number of carbonyl (C=O) groups is 1. The molecule has 1 aromatic carbocycles. The molecule has 0 aliphatic heterocycles. The number of imidazole rings is 1. The number of amides is 1. The maximum absolute atomic E-state index is 12.4. The van der Waals surface area contributed by atoms with Crippen LogP contribution in [0.4, 0.5) is 5.69 Å². The molecule has 0 aliphatic carbocycles. The number of aromatic nitrogens is 3. The Bertz CT molecular complexity index is 803. The second-order valence-corrected chi connectivity index (χ2v) is 5.56. The van der Waals surface area contributed by atoms with Crippen molar-refractivity contribution in [3.63, 3.8) is 0 Å². The Morgan fingerprint density at radius 3 is 2.85 bits per heavy atom. The molecule has 2 heterocycles. The molecule has 1 N–H and O–H groups in total. The highest BCUT2D eigenvalue weighted by molar-refractivity contribution is 7.14. The van der Waals surface area contributed by atoms with E-state index in [9.17, 15) is 4.79 Å². The third kappa shape index (κ3) is 2.08. The summed E-state index contributed by atoms with van der Waals surface area (Å²) in [5.74, 6) is -0.187. The molecular weight excluding hydrogens is 272 g/mol. The number of nitrogens with zero attached hydrogens (tertiary/aromatic N) is 3. The Kier molecular flexibility index (Phi) is 3.02. The van der Waals surface area contributed by atoms with E-state index < -0.39 is 0 Å². The van der Waals surface area contributed by atoms with E-state index in [1.165, 1.54) is 16.9 Å². The van der Waals surface area contributed by atoms with Crippen molar-refractivity contribution < 1.29 is 4.79 Å². The van der Waals surface area contributed by atoms with Crippen LogP contribution >= 0.6 is 11.3 Å². The molecule has 1 amide bonds. The van der Waals surface area contributed by atoms with Gasteiger partial charge < -0.3 is 5.32 Å². The first-order chi connectivity index (χ1) is 9.56. The zero-order valence-corrected chi connectivity index (χ0v) is 12.3. The Hall–Kier alpha value is -2.21. The van der Waals surface area contributed by atoms with Crippen LogP contribution in [0.25, 0.3) is 4.96 Å². The van der Waals surface area contributed by atoms with Crippen molar-refractivity contribution in [3.05, 3.63) is 46.2 Å². The number of fused-ring (bicyclic) bond motifs is 1. The van der Waals surface area contributed by atoms with Crippen molar-refractivity contribution in [2.75, 3.05) is 5.32 Å². The van der Waals surface area contributed by atoms with Crippen LogP contribution in [0, 0.1) is 20.8 Å². The lowest BCUT2D eigenvalue weighted by Gasteiger charge is -2.08. The molecule has 102 valence electrons. The lowest BCUT2D eigenvalue weighted by atomic mass is 10.1. The summed E-state index contributed by atoms with van der Waals surface area (Å²) in [6.45, 7) is 5.82. The average molecular weight is 286 g/mol. The molecule has 0 bridgehead atoms. The molecule has 5 nitrogen and oxygen atoms in total. The topological polar surface area (TPSA) is 59.3 Å². The van der Waals surface area contributed by atoms with Crippen LogP contribution in [0.2, 0.25) is 0 Å². The van der Waals surface area contributed by atoms with Crippen LogP contribution in [-0.2, 0) is 0 Å². The van der Waals surface area contributed by atoms with Crippen molar-refractivity contribution >= 4 is 27.9 Å². The van der Waals surface area contributed by atoms with E-state index in [1.54, 1.807) is 10.0 Å². The summed E-state index contributed by atoms with van der Waals surface area (Å²) in [6, 6.07) is 5.93. The van der Waals surface area contributed by atoms with Crippen molar-refractivity contribution in [2.24, 2.45) is 0 Å². The van der Waals surface area contributed by atoms with Gasteiger partial charge in [0.25, 0.3) is 5.91 Å². The summed E-state index contributed by atoms with van der Waals surface area (Å²) in [7, 11) is 0. The summed E-state index contributed by atoms with van der Waals surface area (Å²) in [5.41, 5.74) is 5.87. The molecule has 0 fully saturated rings. The fourth-order valence-corrected chi connectivity index (χ4v) is 2.85. The lowest BCUT2D eigenvalue weighted by molar-refractivity contribution is 0.101. The molecule has 20 heavy (non-hydrogen) atoms. The quantitative estimate of drug-likeness (QED) is 0.788. The average Bonchev–Trinajstić information content (AvgIpc) is 2.92. The van der Waals surface area contributed by atoms with Gasteiger partial charge in [0.2, 0.25) is 4.96 Å². The van der Waals surface area contributed by atoms with E-state index in [4.69, 9.17) is 0 Å². The third-order valence-electron chi connectivity index (χ3n) is 3.16. The highest BCUT2D eigenvalue weighted by Crippen LogP contribution is 2.19. The summed E-state index contributed by atoms with van der Waals surface area (Å²) in [5, 5.41) is 7.08. The van der Waals surface area contributed by atoms with Gasteiger partial charge in [-0.25, -0.2) is 4.98 Å². The minimum Gasteiger partial charge on any atom is -0.320 e. The van der Waals surface area contributed by atoms with E-state index in [2.05, 4.69) is 15.4 Å². The van der Waals surface area contributed by atoms with Crippen LogP contribution < -0.4 is 5.32 Å². The van der Waals surface area contributed by atoms with E-state index in [1.807, 2.05) is 39.0 Å². The zero-order valence-electron chi connectivity index (χ0n) is 11.5. The second kappa shape index (κ2) is 4.72. The monoisotopic (exact) mass is 286 g/mol. The standard InChI is InChI=1S/C14H14N4OS/c1-8-4-5-11(9(2)6-8)17-13(19)12-10(3)16-14-18(12)15-7-20-14/h4-7H,1-3H3,(H,17,19). The van der Waals surface area contributed by atoms with Gasteiger partial charge in [0.15, 0.2) is 5.69 Å². The number of hydrogen-bond acceptors (Lipinski definition) is 4. The Balaban J connectivity index is 1.97. The molecule has 0 saturated heterocycles. The largest absolute Gasteiger partial charge is 0.320 e. The summed E-state index contributed by atoms with van der Waals surface area (Å²) >= 11 is 1.41. The van der Waals surface area contributed by atoms with Crippen LogP contribution in [0.3, 0.4) is 0 Å². The van der Waals surface area contributed by atoms with Gasteiger partial charge in [0.1, 0.15) is 5.51 Å². The van der Waals surface area contributed by atoms with Crippen molar-refractivity contribution in [3.8, 4) is 0 Å². The Morgan fingerprint density at radius 1 is 1.30 bits per heavy atom. The van der Waals surface area contributed by atoms with Gasteiger partial charge in [-0.3, -0.25) is 4.79 Å². The van der Waals surface area contributed by atoms with Gasteiger partial charge in [-0.2, -0.15) is 9.61 Å². The van der Waals surface area contributed by atoms with Crippen molar-refractivity contribution in [2.45, 2.75) is 20.8 Å². The minimum absolute atomic E-state index is 0.187. The van der Waals surface area contributed by atoms with Crippen LogP contribution in [0.1, 0.15) is 27.3 Å². The summed E-state index contributed by atoms with van der Waals surface area (Å²) in [6.07, 6.45) is 0. The number of rotatable bonds is 2. The molecule has 3 aromatic rings. The predicted octanol–water partition coefficient (Wildman–Crippen LogP) is 2.97. The van der Waals surface area contributed by atoms with Crippen LogP contribution in [0.5, 0.6) is 0 Å². The van der Waals surface area contributed by atoms with Crippen LogP contribution in [-0.4, -0.2) is 20.5 Å². The number of aryl methyl sites for hydroxylation is 3. The molecule has 2 aromatic heterocycles. The van der Waals surface area contributed by atoms with Crippen molar-refractivity contribution in [1.29, 1.82) is 0 Å². The third-order valence-corrected chi connectivity index (χ3v) is 3.84. The highest BCUT2D eigenvalue weighted by atomic mass is 32.1. The fraction of sp³-hybridized carbons (Fsp3) is 0.214. The lowest BCUT2D eigenvalue weighted by Crippen LogP contribution is -2.16. The Labute approximate surface area is 120 Å². The number of benzene rings is 1. The number of anilines is 1. The van der Waals surface area contributed by atoms with Gasteiger partial charge in [-0.1, -0.05) is 29.0 Å². The van der Waals surface area contributed by atoms with Gasteiger partial charge in [-0.15, -0.1) is 0 Å². The molecular formula is C14H14N4OS. The van der Waals surface area contributed by atoms with E-state index >= 15 is 0 Å². The molecule has 0 unspecified atom stereocenters. The van der Waals surface area contributed by atoms with Crippen molar-refractivity contribution in [1.82, 2.24) is 14.6 Å². The molecule has 0 saturated carbocycles. The number of hydrogen-bond donors (Lipinski definition) is 1. The molecule has 6 heteroatoms. The smallest absolute Gasteiger partial charge is 0.276 e. The summed E-state index contributed by atoms with van der Waals surface area (Å²) in [4.78, 5) is 17.5. The maximum Gasteiger partial charge on any atom is 0.276 e. The number of carbonyl (C=O) groups excluding carboxylic acids is 1. The number of nitrogens with one attached hydrogen (secondary N) is 1. The molecule has 3 rings (SSSR count). The molecule has 0 radical (unpaired) electrons. The van der Waals surface area contributed by atoms with E-state index in [-0.39, 0.29) is 5.91 Å². The first kappa shape index (κ1) is 12.8. The predicted molar refractivity (Wildman–Crippen MR) is 79.5 cm³/mol. The first-order valence-corrected chi connectivity index (χ1v) is 7.11. The molecule has 0 atom stereocenters. The maximum atomic E-state index is 12.4. The van der Waals surface area contributed by atoms with E-state index in [0.717, 1.165) is 16.2 Å². The second-order valence-electron chi connectivity index (χ2n) is 4.75. The molecule has 0 aliphatic rings.